The molecule has 0 aliphatic carbocycles. The first-order chi connectivity index (χ1) is 8.67. The molecule has 0 bridgehead atoms. The van der Waals surface area contributed by atoms with E-state index >= 15 is 0 Å². The monoisotopic (exact) mass is 284 g/mol. The van der Waals surface area contributed by atoms with Crippen molar-refractivity contribution in [2.45, 2.75) is 0 Å². The second-order valence-corrected chi connectivity index (χ2v) is 3.87. The van der Waals surface area contributed by atoms with Gasteiger partial charge in [-0.25, -0.2) is 9.97 Å². The lowest BCUT2D eigenvalue weighted by atomic mass is 10.1. The number of halogens is 1. The summed E-state index contributed by atoms with van der Waals surface area (Å²) >= 11 is 5.91. The molecule has 7 nitrogen and oxygen atoms in total. The zero-order valence-electron chi connectivity index (χ0n) is 10.1. The van der Waals surface area contributed by atoms with Crippen molar-refractivity contribution in [2.75, 3.05) is 12.8 Å². The molecule has 0 spiro atoms. The van der Waals surface area contributed by atoms with Gasteiger partial charge in [-0.2, -0.15) is 0 Å². The summed E-state index contributed by atoms with van der Waals surface area (Å²) in [4.78, 5) is 7.94. The van der Waals surface area contributed by atoms with E-state index in [0.717, 1.165) is 0 Å². The molecule has 0 fully saturated rings. The molecule has 0 aliphatic heterocycles. The lowest BCUT2D eigenvalue weighted by Gasteiger charge is -2.10. The fourth-order valence-corrected chi connectivity index (χ4v) is 1.77. The van der Waals surface area contributed by atoms with Crippen LogP contribution in [0.2, 0.25) is 5.15 Å². The molecule has 0 saturated carbocycles. The summed E-state index contributed by atoms with van der Waals surface area (Å²) < 4.78 is 5.16. The van der Waals surface area contributed by atoms with Crippen LogP contribution in [0.1, 0.15) is 0 Å². The second-order valence-electron chi connectivity index (χ2n) is 3.51. The maximum atomic E-state index is 10.9. The van der Waals surface area contributed by atoms with Gasteiger partial charge >= 0.3 is 0 Å². The number of nitrogens with zero attached hydrogens (tertiary/aromatic N) is 2. The van der Waals surface area contributed by atoms with E-state index in [9.17, 15) is 5.21 Å². The van der Waals surface area contributed by atoms with Crippen LogP contribution < -0.4 is 16.0 Å². The topological polar surface area (TPSA) is 132 Å². The maximum absolute atomic E-state index is 10.9. The molecule has 1 aromatic heterocycles. The molecule has 102 valence electrons. The van der Waals surface area contributed by atoms with Gasteiger partial charge in [0.25, 0.3) is 0 Å². The number of methoxy groups -OCH3 is 1. The number of benzene rings is 1. The number of hydrogen-bond acceptors (Lipinski definition) is 5. The van der Waals surface area contributed by atoms with E-state index < -0.39 is 0 Å². The van der Waals surface area contributed by atoms with Crippen LogP contribution in [-0.4, -0.2) is 22.6 Å². The molecular weight excluding hydrogens is 272 g/mol. The molecule has 0 aliphatic rings. The highest BCUT2D eigenvalue weighted by molar-refractivity contribution is 6.31. The normalized spacial score (nSPS) is 9.84. The number of quaternary nitrogens is 1. The van der Waals surface area contributed by atoms with Gasteiger partial charge in [0, 0.05) is 11.6 Å². The SMILES string of the molecule is COc1c(Cl)ncnc1-c1ccc(N)c([NH2+][O-])c1.O. The first-order valence-electron chi connectivity index (χ1n) is 5.07. The van der Waals surface area contributed by atoms with Crippen LogP contribution >= 0.6 is 11.6 Å². The van der Waals surface area contributed by atoms with Crippen LogP contribution in [0.3, 0.4) is 0 Å². The summed E-state index contributed by atoms with van der Waals surface area (Å²) in [5, 5.41) is 11.1. The highest BCUT2D eigenvalue weighted by Crippen LogP contribution is 2.33. The highest BCUT2D eigenvalue weighted by atomic mass is 35.5. The Balaban J connectivity index is 0.00000180. The third-order valence-corrected chi connectivity index (χ3v) is 2.72. The number of hydrogen-bond donors (Lipinski definition) is 2. The third kappa shape index (κ3) is 2.91. The van der Waals surface area contributed by atoms with Crippen molar-refractivity contribution in [1.82, 2.24) is 9.97 Å². The van der Waals surface area contributed by atoms with Crippen molar-refractivity contribution in [2.24, 2.45) is 0 Å². The van der Waals surface area contributed by atoms with Gasteiger partial charge in [0.1, 0.15) is 12.0 Å². The fourth-order valence-electron chi connectivity index (χ4n) is 1.56. The third-order valence-electron chi connectivity index (χ3n) is 2.45. The van der Waals surface area contributed by atoms with E-state index in [0.29, 0.717) is 33.9 Å². The molecule has 0 unspecified atom stereocenters. The first kappa shape index (κ1) is 15.1. The van der Waals surface area contributed by atoms with Crippen LogP contribution in [0.4, 0.5) is 11.4 Å². The van der Waals surface area contributed by atoms with Gasteiger partial charge in [0.15, 0.2) is 16.6 Å². The Bertz CT molecular complexity index is 580. The molecule has 2 aromatic rings. The molecule has 1 heterocycles. The second kappa shape index (κ2) is 6.30. The van der Waals surface area contributed by atoms with Crippen LogP contribution in [0.15, 0.2) is 24.5 Å². The minimum absolute atomic E-state index is 0. The van der Waals surface area contributed by atoms with E-state index in [2.05, 4.69) is 9.97 Å². The van der Waals surface area contributed by atoms with E-state index in [-0.39, 0.29) is 10.6 Å². The number of anilines is 1. The molecular formula is C11H13ClN4O3. The number of nitrogens with two attached hydrogens (primary N) is 2. The molecule has 19 heavy (non-hydrogen) atoms. The standard InChI is InChI=1S/C11H11ClN4O2.H2O/c1-18-10-9(14-5-15-11(10)12)6-2-3-7(13)8(4-6)16-17;/h2-5H,13,16H2,1H3;1H2. The van der Waals surface area contributed by atoms with Crippen molar-refractivity contribution in [3.63, 3.8) is 0 Å². The minimum atomic E-state index is 0. The Morgan fingerprint density at radius 3 is 2.74 bits per heavy atom. The summed E-state index contributed by atoms with van der Waals surface area (Å²) in [5.74, 6) is 0.362. The number of nitrogen functional groups attached to an aromatic ring is 1. The minimum Gasteiger partial charge on any atom is -0.630 e. The van der Waals surface area contributed by atoms with Crippen molar-refractivity contribution in [1.29, 1.82) is 0 Å². The highest BCUT2D eigenvalue weighted by Gasteiger charge is 2.14. The maximum Gasteiger partial charge on any atom is 0.182 e. The van der Waals surface area contributed by atoms with Crippen molar-refractivity contribution < 1.29 is 15.7 Å². The average molecular weight is 285 g/mol. The smallest absolute Gasteiger partial charge is 0.182 e. The molecule has 0 radical (unpaired) electrons. The largest absolute Gasteiger partial charge is 0.630 e. The Morgan fingerprint density at radius 2 is 2.11 bits per heavy atom. The number of ether oxygens (including phenoxy) is 1. The molecule has 2 rings (SSSR count). The van der Waals surface area contributed by atoms with Gasteiger partial charge in [-0.3, -0.25) is 0 Å². The average Bonchev–Trinajstić information content (AvgIpc) is 2.39. The number of aromatic nitrogens is 2. The predicted molar refractivity (Wildman–Crippen MR) is 72.0 cm³/mol. The quantitative estimate of drug-likeness (QED) is 0.474. The summed E-state index contributed by atoms with van der Waals surface area (Å²) in [6.45, 7) is 0. The van der Waals surface area contributed by atoms with E-state index in [4.69, 9.17) is 22.1 Å². The summed E-state index contributed by atoms with van der Waals surface area (Å²) in [6, 6.07) is 5.00. The van der Waals surface area contributed by atoms with Crippen LogP contribution in [0.5, 0.6) is 5.75 Å². The summed E-state index contributed by atoms with van der Waals surface area (Å²) in [5.41, 5.74) is 8.35. The summed E-state index contributed by atoms with van der Waals surface area (Å²) in [6.07, 6.45) is 1.33. The lowest BCUT2D eigenvalue weighted by molar-refractivity contribution is -0.496. The summed E-state index contributed by atoms with van der Waals surface area (Å²) in [7, 11) is 1.48. The molecule has 6 N–H and O–H groups in total. The predicted octanol–water partition coefficient (Wildman–Crippen LogP) is 0.256. The molecule has 0 saturated heterocycles. The van der Waals surface area contributed by atoms with Gasteiger partial charge in [0.05, 0.1) is 12.8 Å². The Morgan fingerprint density at radius 1 is 1.37 bits per heavy atom. The Kier molecular flexibility index (Phi) is 5.02. The van der Waals surface area contributed by atoms with Crippen LogP contribution in [0, 0.1) is 5.21 Å². The fraction of sp³-hybridized carbons (Fsp3) is 0.0909. The Hall–Kier alpha value is -1.93. The van der Waals surface area contributed by atoms with Crippen molar-refractivity contribution in [3.8, 4) is 17.0 Å². The number of rotatable bonds is 3. The molecule has 0 amide bonds. The van der Waals surface area contributed by atoms with Gasteiger partial charge in [-0.15, -0.1) is 0 Å². The van der Waals surface area contributed by atoms with Gasteiger partial charge < -0.3 is 26.6 Å². The lowest BCUT2D eigenvalue weighted by Crippen LogP contribution is -2.70. The van der Waals surface area contributed by atoms with E-state index in [1.54, 1.807) is 18.2 Å². The molecule has 1 aromatic carbocycles. The van der Waals surface area contributed by atoms with E-state index in [1.165, 1.54) is 13.4 Å². The van der Waals surface area contributed by atoms with Gasteiger partial charge in [0.2, 0.25) is 0 Å². The Labute approximate surface area is 114 Å². The van der Waals surface area contributed by atoms with Crippen LogP contribution in [0.25, 0.3) is 11.3 Å². The van der Waals surface area contributed by atoms with E-state index in [1.807, 2.05) is 0 Å². The zero-order valence-corrected chi connectivity index (χ0v) is 10.8. The van der Waals surface area contributed by atoms with Gasteiger partial charge in [-0.1, -0.05) is 17.7 Å². The first-order valence-corrected chi connectivity index (χ1v) is 5.44. The van der Waals surface area contributed by atoms with Gasteiger partial charge in [-0.05, 0) is 6.07 Å². The zero-order chi connectivity index (χ0) is 13.1. The molecule has 8 heteroatoms. The van der Waals surface area contributed by atoms with Crippen molar-refractivity contribution >= 4 is 23.0 Å². The van der Waals surface area contributed by atoms with Crippen LogP contribution in [-0.2, 0) is 0 Å². The van der Waals surface area contributed by atoms with Crippen molar-refractivity contribution in [3.05, 3.63) is 34.9 Å². The molecule has 0 atom stereocenters.